The lowest BCUT2D eigenvalue weighted by molar-refractivity contribution is -0.121. The van der Waals surface area contributed by atoms with Crippen LogP contribution < -0.4 is 14.8 Å². The Bertz CT molecular complexity index is 643. The molecule has 0 saturated carbocycles. The summed E-state index contributed by atoms with van der Waals surface area (Å²) in [4.78, 5) is 11.8. The van der Waals surface area contributed by atoms with Crippen molar-refractivity contribution < 1.29 is 14.3 Å². The number of carbonyl (C=O) groups excluding carboxylic acids is 1. The fourth-order valence-corrected chi connectivity index (χ4v) is 2.43. The second-order valence-corrected chi connectivity index (χ2v) is 5.79. The molecule has 0 aromatic heterocycles. The molecule has 2 rings (SSSR count). The number of carbonyl (C=O) groups is 1. The zero-order valence-electron chi connectivity index (χ0n) is 13.8. The number of methoxy groups -OCH3 is 1. The normalized spacial score (nSPS) is 10.2. The smallest absolute Gasteiger partial charge is 0.220 e. The first kappa shape index (κ1) is 18.1. The van der Waals surface area contributed by atoms with E-state index >= 15 is 0 Å². The molecular weight excluding hydrogens is 326 g/mol. The molecule has 0 radical (unpaired) electrons. The summed E-state index contributed by atoms with van der Waals surface area (Å²) >= 11 is 5.93. The number of hydrogen-bond donors (Lipinski definition) is 1. The maximum atomic E-state index is 11.8. The third-order valence-corrected chi connectivity index (χ3v) is 3.74. The van der Waals surface area contributed by atoms with Gasteiger partial charge in [-0.15, -0.1) is 0 Å². The molecule has 4 nitrogen and oxygen atoms in total. The van der Waals surface area contributed by atoms with Gasteiger partial charge in [0, 0.05) is 18.0 Å². The first-order chi connectivity index (χ1) is 11.7. The van der Waals surface area contributed by atoms with Crippen LogP contribution in [0.25, 0.3) is 0 Å². The van der Waals surface area contributed by atoms with Crippen molar-refractivity contribution in [3.8, 4) is 11.5 Å². The Kier molecular flexibility index (Phi) is 7.43. The molecule has 0 saturated heterocycles. The van der Waals surface area contributed by atoms with Crippen LogP contribution in [0.4, 0.5) is 0 Å². The monoisotopic (exact) mass is 347 g/mol. The van der Waals surface area contributed by atoms with Gasteiger partial charge >= 0.3 is 0 Å². The van der Waals surface area contributed by atoms with Crippen molar-refractivity contribution in [1.82, 2.24) is 5.32 Å². The summed E-state index contributed by atoms with van der Waals surface area (Å²) in [5, 5.41) is 3.63. The van der Waals surface area contributed by atoms with E-state index in [9.17, 15) is 4.79 Å². The highest BCUT2D eigenvalue weighted by atomic mass is 35.5. The number of hydrogen-bond acceptors (Lipinski definition) is 3. The lowest BCUT2D eigenvalue weighted by Crippen LogP contribution is -2.25. The van der Waals surface area contributed by atoms with Crippen LogP contribution in [-0.4, -0.2) is 26.2 Å². The number of amides is 1. The van der Waals surface area contributed by atoms with Crippen LogP contribution in [0.1, 0.15) is 18.4 Å². The van der Waals surface area contributed by atoms with Crippen molar-refractivity contribution in [2.24, 2.45) is 0 Å². The molecule has 0 unspecified atom stereocenters. The van der Waals surface area contributed by atoms with Gasteiger partial charge in [-0.1, -0.05) is 23.7 Å². The van der Waals surface area contributed by atoms with E-state index in [2.05, 4.69) is 5.32 Å². The Morgan fingerprint density at radius 2 is 1.88 bits per heavy atom. The highest BCUT2D eigenvalue weighted by Crippen LogP contribution is 2.17. The molecule has 0 heterocycles. The molecule has 128 valence electrons. The van der Waals surface area contributed by atoms with Gasteiger partial charge in [0.2, 0.25) is 5.91 Å². The van der Waals surface area contributed by atoms with Crippen LogP contribution in [0.3, 0.4) is 0 Å². The summed E-state index contributed by atoms with van der Waals surface area (Å²) in [6.45, 7) is 1.12. The summed E-state index contributed by atoms with van der Waals surface area (Å²) in [5.74, 6) is 1.61. The second kappa shape index (κ2) is 9.83. The summed E-state index contributed by atoms with van der Waals surface area (Å²) in [7, 11) is 1.63. The van der Waals surface area contributed by atoms with Crippen LogP contribution in [0.2, 0.25) is 5.02 Å². The first-order valence-corrected chi connectivity index (χ1v) is 8.33. The van der Waals surface area contributed by atoms with Gasteiger partial charge in [0.05, 0.1) is 13.7 Å². The van der Waals surface area contributed by atoms with Gasteiger partial charge in [-0.3, -0.25) is 4.79 Å². The molecule has 0 bridgehead atoms. The molecule has 1 amide bonds. The molecule has 2 aromatic carbocycles. The van der Waals surface area contributed by atoms with Crippen molar-refractivity contribution in [3.05, 3.63) is 59.1 Å². The topological polar surface area (TPSA) is 47.6 Å². The number of benzene rings is 2. The minimum atomic E-state index is 0.0374. The van der Waals surface area contributed by atoms with E-state index in [1.807, 2.05) is 48.5 Å². The van der Waals surface area contributed by atoms with Gasteiger partial charge < -0.3 is 14.8 Å². The molecule has 0 spiro atoms. The zero-order chi connectivity index (χ0) is 17.2. The average Bonchev–Trinajstić information content (AvgIpc) is 2.59. The fraction of sp³-hybridized carbons (Fsp3) is 0.316. The Labute approximate surface area is 147 Å². The van der Waals surface area contributed by atoms with Gasteiger partial charge in [-0.05, 0) is 54.8 Å². The van der Waals surface area contributed by atoms with Crippen LogP contribution in [0.15, 0.2) is 48.5 Å². The highest BCUT2D eigenvalue weighted by Gasteiger charge is 2.02. The van der Waals surface area contributed by atoms with E-state index in [0.29, 0.717) is 26.0 Å². The predicted molar refractivity (Wildman–Crippen MR) is 95.9 cm³/mol. The van der Waals surface area contributed by atoms with Crippen molar-refractivity contribution in [1.29, 1.82) is 0 Å². The molecule has 0 aliphatic carbocycles. The Balaban J connectivity index is 1.57. The van der Waals surface area contributed by atoms with Crippen LogP contribution in [0, 0.1) is 0 Å². The van der Waals surface area contributed by atoms with Crippen molar-refractivity contribution in [2.45, 2.75) is 19.3 Å². The fourth-order valence-electron chi connectivity index (χ4n) is 2.22. The van der Waals surface area contributed by atoms with Crippen LogP contribution in [0.5, 0.6) is 11.5 Å². The number of rotatable bonds is 9. The molecule has 24 heavy (non-hydrogen) atoms. The maximum Gasteiger partial charge on any atom is 0.220 e. The van der Waals surface area contributed by atoms with Crippen LogP contribution in [-0.2, 0) is 11.2 Å². The van der Waals surface area contributed by atoms with Gasteiger partial charge in [0.15, 0.2) is 0 Å². The van der Waals surface area contributed by atoms with E-state index in [1.54, 1.807) is 7.11 Å². The second-order valence-electron chi connectivity index (χ2n) is 5.36. The molecule has 2 aromatic rings. The molecule has 1 N–H and O–H groups in total. The quantitative estimate of drug-likeness (QED) is 0.700. The standard InChI is InChI=1S/C19H22ClNO3/c1-23-17-7-9-18(10-8-17)24-13-3-6-19(22)21-12-11-15-4-2-5-16(20)14-15/h2,4-5,7-10,14H,3,6,11-13H2,1H3,(H,21,22). The van der Waals surface area contributed by atoms with Crippen molar-refractivity contribution >= 4 is 17.5 Å². The Morgan fingerprint density at radius 1 is 1.12 bits per heavy atom. The molecule has 5 heteroatoms. The Morgan fingerprint density at radius 3 is 2.58 bits per heavy atom. The van der Waals surface area contributed by atoms with Crippen LogP contribution >= 0.6 is 11.6 Å². The lowest BCUT2D eigenvalue weighted by atomic mass is 10.1. The molecule has 0 aliphatic heterocycles. The molecule has 0 atom stereocenters. The van der Waals surface area contributed by atoms with Gasteiger partial charge in [0.1, 0.15) is 11.5 Å². The van der Waals surface area contributed by atoms with E-state index in [1.165, 1.54) is 0 Å². The van der Waals surface area contributed by atoms with Gasteiger partial charge in [-0.2, -0.15) is 0 Å². The average molecular weight is 348 g/mol. The predicted octanol–water partition coefficient (Wildman–Crippen LogP) is 3.87. The van der Waals surface area contributed by atoms with Crippen molar-refractivity contribution in [2.75, 3.05) is 20.3 Å². The molecule has 0 fully saturated rings. The number of ether oxygens (including phenoxy) is 2. The van der Waals surface area contributed by atoms with Gasteiger partial charge in [-0.25, -0.2) is 0 Å². The summed E-state index contributed by atoms with van der Waals surface area (Å²) < 4.78 is 10.7. The summed E-state index contributed by atoms with van der Waals surface area (Å²) in [5.41, 5.74) is 1.12. The SMILES string of the molecule is COc1ccc(OCCCC(=O)NCCc2cccc(Cl)c2)cc1. The van der Waals surface area contributed by atoms with E-state index in [4.69, 9.17) is 21.1 Å². The Hall–Kier alpha value is -2.20. The van der Waals surface area contributed by atoms with E-state index < -0.39 is 0 Å². The molecular formula is C19H22ClNO3. The highest BCUT2D eigenvalue weighted by molar-refractivity contribution is 6.30. The summed E-state index contributed by atoms with van der Waals surface area (Å²) in [6.07, 6.45) is 1.90. The maximum absolute atomic E-state index is 11.8. The number of halogens is 1. The summed E-state index contributed by atoms with van der Waals surface area (Å²) in [6, 6.07) is 15.1. The number of nitrogens with one attached hydrogen (secondary N) is 1. The third-order valence-electron chi connectivity index (χ3n) is 3.50. The van der Waals surface area contributed by atoms with Crippen molar-refractivity contribution in [3.63, 3.8) is 0 Å². The largest absolute Gasteiger partial charge is 0.497 e. The van der Waals surface area contributed by atoms with E-state index in [0.717, 1.165) is 28.5 Å². The minimum Gasteiger partial charge on any atom is -0.497 e. The zero-order valence-corrected chi connectivity index (χ0v) is 14.5. The van der Waals surface area contributed by atoms with E-state index in [-0.39, 0.29) is 5.91 Å². The lowest BCUT2D eigenvalue weighted by Gasteiger charge is -2.08. The minimum absolute atomic E-state index is 0.0374. The first-order valence-electron chi connectivity index (χ1n) is 7.95. The third kappa shape index (κ3) is 6.50. The molecule has 0 aliphatic rings. The van der Waals surface area contributed by atoms with Gasteiger partial charge in [0.25, 0.3) is 0 Å².